The second kappa shape index (κ2) is 8.43. The zero-order chi connectivity index (χ0) is 20.4. The third kappa shape index (κ3) is 4.38. The molecule has 0 amide bonds. The minimum atomic E-state index is -0.165. The molecule has 0 aliphatic carbocycles. The molecule has 0 aromatic heterocycles. The number of methoxy groups -OCH3 is 1. The maximum atomic E-state index is 12.7. The number of hydrogen-bond donors (Lipinski definition) is 0. The van der Waals surface area contributed by atoms with Crippen molar-refractivity contribution in [3.63, 3.8) is 0 Å². The lowest BCUT2D eigenvalue weighted by molar-refractivity contribution is 0.101. The number of halogens is 2. The van der Waals surface area contributed by atoms with Crippen LogP contribution in [0.4, 0.5) is 0 Å². The summed E-state index contributed by atoms with van der Waals surface area (Å²) < 4.78 is 18.9. The van der Waals surface area contributed by atoms with E-state index >= 15 is 0 Å². The van der Waals surface area contributed by atoms with E-state index in [9.17, 15) is 4.79 Å². The maximum Gasteiger partial charge on any atom is 0.231 e. The summed E-state index contributed by atoms with van der Waals surface area (Å²) in [5.74, 6) is 1.87. The van der Waals surface area contributed by atoms with Crippen LogP contribution < -0.4 is 14.2 Å². The Morgan fingerprint density at radius 1 is 0.966 bits per heavy atom. The van der Waals surface area contributed by atoms with Gasteiger partial charge in [0.25, 0.3) is 0 Å². The van der Waals surface area contributed by atoms with Gasteiger partial charge in [-0.1, -0.05) is 44.0 Å². The first-order valence-electron chi connectivity index (χ1n) is 8.82. The fourth-order valence-corrected chi connectivity index (χ4v) is 3.61. The molecule has 0 spiro atoms. The first-order valence-corrected chi connectivity index (χ1v) is 10.4. The van der Waals surface area contributed by atoms with Crippen LogP contribution in [0.1, 0.15) is 21.5 Å². The highest BCUT2D eigenvalue weighted by atomic mass is 79.9. The average molecular weight is 516 g/mol. The predicted molar refractivity (Wildman–Crippen MR) is 119 cm³/mol. The summed E-state index contributed by atoms with van der Waals surface area (Å²) >= 11 is 6.86. The summed E-state index contributed by atoms with van der Waals surface area (Å²) in [6.07, 6.45) is 1.69. The quantitative estimate of drug-likeness (QED) is 0.368. The molecule has 29 heavy (non-hydrogen) atoms. The highest BCUT2D eigenvalue weighted by Crippen LogP contribution is 2.36. The molecule has 1 heterocycles. The van der Waals surface area contributed by atoms with Crippen molar-refractivity contribution >= 4 is 43.7 Å². The minimum Gasteiger partial charge on any atom is -0.496 e. The van der Waals surface area contributed by atoms with Crippen LogP contribution in [0.25, 0.3) is 6.08 Å². The van der Waals surface area contributed by atoms with Crippen molar-refractivity contribution < 1.29 is 19.0 Å². The van der Waals surface area contributed by atoms with E-state index in [1.807, 2.05) is 42.5 Å². The first-order chi connectivity index (χ1) is 14.0. The van der Waals surface area contributed by atoms with E-state index in [4.69, 9.17) is 14.2 Å². The largest absolute Gasteiger partial charge is 0.496 e. The van der Waals surface area contributed by atoms with Crippen LogP contribution in [0.3, 0.4) is 0 Å². The molecule has 1 aliphatic rings. The van der Waals surface area contributed by atoms with E-state index in [0.717, 1.165) is 20.1 Å². The number of rotatable bonds is 5. The second-order valence-corrected chi connectivity index (χ2v) is 8.23. The Bertz CT molecular complexity index is 1100. The third-order valence-corrected chi connectivity index (χ3v) is 5.46. The Morgan fingerprint density at radius 2 is 1.72 bits per heavy atom. The average Bonchev–Trinajstić information content (AvgIpc) is 3.02. The van der Waals surface area contributed by atoms with Crippen molar-refractivity contribution in [3.05, 3.63) is 92.1 Å². The summed E-state index contributed by atoms with van der Waals surface area (Å²) in [6, 6.07) is 18.7. The van der Waals surface area contributed by atoms with Crippen LogP contribution in [-0.2, 0) is 6.61 Å². The van der Waals surface area contributed by atoms with E-state index in [2.05, 4.69) is 31.9 Å². The molecule has 0 saturated carbocycles. The van der Waals surface area contributed by atoms with Gasteiger partial charge in [-0.05, 0) is 54.1 Å². The highest BCUT2D eigenvalue weighted by Gasteiger charge is 2.28. The molecule has 0 atom stereocenters. The van der Waals surface area contributed by atoms with Gasteiger partial charge in [0.2, 0.25) is 5.78 Å². The number of benzene rings is 3. The van der Waals surface area contributed by atoms with Gasteiger partial charge in [0.05, 0.1) is 12.7 Å². The lowest BCUT2D eigenvalue weighted by atomic mass is 10.1. The lowest BCUT2D eigenvalue weighted by Gasteiger charge is -2.08. The Balaban J connectivity index is 1.54. The number of ether oxygens (including phenoxy) is 3. The fraction of sp³-hybridized carbons (Fsp3) is 0.0870. The molecule has 1 aliphatic heterocycles. The van der Waals surface area contributed by atoms with Crippen LogP contribution in [0.2, 0.25) is 0 Å². The van der Waals surface area contributed by atoms with Crippen molar-refractivity contribution in [2.24, 2.45) is 0 Å². The zero-order valence-corrected chi connectivity index (χ0v) is 18.6. The molecule has 4 nitrogen and oxygen atoms in total. The van der Waals surface area contributed by atoms with Gasteiger partial charge in [0, 0.05) is 20.6 Å². The van der Waals surface area contributed by atoms with Crippen LogP contribution in [0, 0.1) is 0 Å². The number of carbonyl (C=O) groups is 1. The predicted octanol–water partition coefficient (Wildman–Crippen LogP) is 6.42. The van der Waals surface area contributed by atoms with Crippen molar-refractivity contribution in [3.8, 4) is 17.2 Å². The molecule has 4 rings (SSSR count). The number of allylic oxidation sites excluding steroid dienone is 1. The monoisotopic (exact) mass is 514 g/mol. The van der Waals surface area contributed by atoms with E-state index < -0.39 is 0 Å². The van der Waals surface area contributed by atoms with Crippen molar-refractivity contribution in [2.75, 3.05) is 7.11 Å². The standard InChI is InChI=1S/C23H16Br2O4/c1-27-20-9-6-17(25)10-15(20)11-22-23(26)19-8-7-18(12-21(19)29-22)28-13-14-2-4-16(24)5-3-14/h2-12H,13H2,1H3. The molecular formula is C23H16Br2O4. The summed E-state index contributed by atoms with van der Waals surface area (Å²) in [5.41, 5.74) is 2.32. The lowest BCUT2D eigenvalue weighted by Crippen LogP contribution is -1.99. The van der Waals surface area contributed by atoms with E-state index in [0.29, 0.717) is 29.4 Å². The Labute approximate surface area is 185 Å². The molecule has 6 heteroatoms. The Morgan fingerprint density at radius 3 is 2.48 bits per heavy atom. The van der Waals surface area contributed by atoms with Crippen LogP contribution >= 0.6 is 31.9 Å². The Kier molecular flexibility index (Phi) is 5.74. The zero-order valence-electron chi connectivity index (χ0n) is 15.4. The number of fused-ring (bicyclic) bond motifs is 1. The summed E-state index contributed by atoms with van der Waals surface area (Å²) in [6.45, 7) is 0.429. The number of hydrogen-bond acceptors (Lipinski definition) is 4. The van der Waals surface area contributed by atoms with E-state index in [1.54, 1.807) is 31.4 Å². The first kappa shape index (κ1) is 19.7. The molecule has 0 fully saturated rings. The molecule has 0 unspecified atom stereocenters. The number of ketones is 1. The van der Waals surface area contributed by atoms with E-state index in [1.165, 1.54) is 0 Å². The van der Waals surface area contributed by atoms with Gasteiger partial charge >= 0.3 is 0 Å². The van der Waals surface area contributed by atoms with Crippen LogP contribution in [0.5, 0.6) is 17.2 Å². The smallest absolute Gasteiger partial charge is 0.231 e. The molecule has 0 N–H and O–H groups in total. The highest BCUT2D eigenvalue weighted by molar-refractivity contribution is 9.10. The minimum absolute atomic E-state index is 0.165. The molecule has 0 radical (unpaired) electrons. The molecular weight excluding hydrogens is 500 g/mol. The SMILES string of the molecule is COc1ccc(Br)cc1C=C1Oc2cc(OCc3ccc(Br)cc3)ccc2C1=O. The fourth-order valence-electron chi connectivity index (χ4n) is 2.96. The molecule has 146 valence electrons. The normalized spacial score (nSPS) is 13.9. The van der Waals surface area contributed by atoms with Gasteiger partial charge in [-0.3, -0.25) is 4.79 Å². The third-order valence-electron chi connectivity index (χ3n) is 4.44. The molecule has 3 aromatic carbocycles. The van der Waals surface area contributed by atoms with Crippen molar-refractivity contribution in [1.29, 1.82) is 0 Å². The van der Waals surface area contributed by atoms with Gasteiger partial charge in [-0.25, -0.2) is 0 Å². The van der Waals surface area contributed by atoms with Gasteiger partial charge in [0.1, 0.15) is 23.9 Å². The van der Waals surface area contributed by atoms with Crippen LogP contribution in [0.15, 0.2) is 75.4 Å². The molecule has 3 aromatic rings. The topological polar surface area (TPSA) is 44.8 Å². The number of Topliss-reactive ketones (excluding diaryl/α,β-unsaturated/α-hetero) is 1. The molecule has 0 bridgehead atoms. The summed E-state index contributed by atoms with van der Waals surface area (Å²) in [5, 5.41) is 0. The maximum absolute atomic E-state index is 12.7. The van der Waals surface area contributed by atoms with Gasteiger partial charge < -0.3 is 14.2 Å². The van der Waals surface area contributed by atoms with Crippen molar-refractivity contribution in [1.82, 2.24) is 0 Å². The second-order valence-electron chi connectivity index (χ2n) is 6.40. The van der Waals surface area contributed by atoms with Gasteiger partial charge in [-0.2, -0.15) is 0 Å². The summed E-state index contributed by atoms with van der Waals surface area (Å²) in [7, 11) is 1.59. The van der Waals surface area contributed by atoms with E-state index in [-0.39, 0.29) is 11.5 Å². The van der Waals surface area contributed by atoms with Crippen molar-refractivity contribution in [2.45, 2.75) is 6.61 Å². The van der Waals surface area contributed by atoms with Gasteiger partial charge in [0.15, 0.2) is 5.76 Å². The van der Waals surface area contributed by atoms with Gasteiger partial charge in [-0.15, -0.1) is 0 Å². The Hall–Kier alpha value is -2.57. The molecule has 0 saturated heterocycles. The van der Waals surface area contributed by atoms with Crippen LogP contribution in [-0.4, -0.2) is 12.9 Å². The summed E-state index contributed by atoms with van der Waals surface area (Å²) in [4.78, 5) is 12.7. The number of carbonyl (C=O) groups excluding carboxylic acids is 1.